The highest BCUT2D eigenvalue weighted by atomic mass is 79.9. The van der Waals surface area contributed by atoms with Crippen LogP contribution >= 0.6 is 39.1 Å². The molecule has 0 fully saturated rings. The van der Waals surface area contributed by atoms with E-state index in [2.05, 4.69) is 21.2 Å². The fraction of sp³-hybridized carbons (Fsp3) is 0.136. The summed E-state index contributed by atoms with van der Waals surface area (Å²) in [6.45, 7) is -0.389. The minimum atomic E-state index is -3.98. The van der Waals surface area contributed by atoms with E-state index in [1.54, 1.807) is 24.3 Å². The Bertz CT molecular complexity index is 1200. The molecule has 0 unspecified atom stereocenters. The van der Waals surface area contributed by atoms with Gasteiger partial charge in [-0.2, -0.15) is 4.31 Å². The fourth-order valence-electron chi connectivity index (χ4n) is 2.88. The van der Waals surface area contributed by atoms with Crippen LogP contribution in [0.25, 0.3) is 0 Å². The third-order valence-corrected chi connectivity index (χ3v) is 7.36. The van der Waals surface area contributed by atoms with Gasteiger partial charge in [-0.15, -0.1) is 0 Å². The third kappa shape index (κ3) is 6.24. The van der Waals surface area contributed by atoms with Crippen LogP contribution in [0.2, 0.25) is 10.0 Å². The molecule has 3 aromatic carbocycles. The third-order valence-electron chi connectivity index (χ3n) is 4.48. The van der Waals surface area contributed by atoms with Gasteiger partial charge in [0, 0.05) is 21.7 Å². The first-order valence-corrected chi connectivity index (χ1v) is 12.3. The maximum Gasteiger partial charge on any atom is 0.243 e. The second kappa shape index (κ2) is 10.7. The molecule has 1 amide bonds. The van der Waals surface area contributed by atoms with E-state index in [1.807, 2.05) is 12.1 Å². The van der Waals surface area contributed by atoms with Crippen molar-refractivity contribution in [1.29, 1.82) is 0 Å². The largest absolute Gasteiger partial charge is 0.495 e. The van der Waals surface area contributed by atoms with Crippen LogP contribution in [0.1, 0.15) is 5.56 Å². The van der Waals surface area contributed by atoms with E-state index in [4.69, 9.17) is 27.9 Å². The average molecular weight is 558 g/mol. The van der Waals surface area contributed by atoms with E-state index in [1.165, 1.54) is 37.4 Å². The number of halogens is 3. The number of nitrogens with zero attached hydrogens (tertiary/aromatic N) is 1. The van der Waals surface area contributed by atoms with Gasteiger partial charge in [0.05, 0.1) is 23.6 Å². The molecule has 0 saturated carbocycles. The Labute approximate surface area is 205 Å². The normalized spacial score (nSPS) is 11.4. The number of rotatable bonds is 8. The Morgan fingerprint density at radius 1 is 1.03 bits per heavy atom. The molecule has 0 saturated heterocycles. The molecule has 0 aromatic heterocycles. The summed E-state index contributed by atoms with van der Waals surface area (Å²) in [5, 5.41) is 3.42. The Morgan fingerprint density at radius 3 is 2.28 bits per heavy atom. The second-order valence-corrected chi connectivity index (χ2v) is 10.4. The van der Waals surface area contributed by atoms with Crippen molar-refractivity contribution in [3.8, 4) is 5.75 Å². The van der Waals surface area contributed by atoms with E-state index >= 15 is 0 Å². The summed E-state index contributed by atoms with van der Waals surface area (Å²) in [6, 6.07) is 17.8. The standard InChI is InChI=1S/C22H19BrCl2N2O4S/c1-31-21-11-8-18(12-20(21)25)26-22(28)14-27(13-15-2-4-16(23)5-3-15)32(29,30)19-9-6-17(24)7-10-19/h2-12H,13-14H2,1H3,(H,26,28). The van der Waals surface area contributed by atoms with Crippen molar-refractivity contribution < 1.29 is 17.9 Å². The molecule has 32 heavy (non-hydrogen) atoms. The van der Waals surface area contributed by atoms with Crippen LogP contribution < -0.4 is 10.1 Å². The van der Waals surface area contributed by atoms with Crippen molar-refractivity contribution >= 4 is 60.7 Å². The van der Waals surface area contributed by atoms with E-state index in [9.17, 15) is 13.2 Å². The van der Waals surface area contributed by atoms with Crippen LogP contribution in [0.15, 0.2) is 76.1 Å². The smallest absolute Gasteiger partial charge is 0.243 e. The predicted molar refractivity (Wildman–Crippen MR) is 130 cm³/mol. The Kier molecular flexibility index (Phi) is 8.19. The summed E-state index contributed by atoms with van der Waals surface area (Å²) in [4.78, 5) is 12.8. The van der Waals surface area contributed by atoms with Gasteiger partial charge in [0.1, 0.15) is 5.75 Å². The Hall–Kier alpha value is -2.10. The molecule has 3 rings (SSSR count). The average Bonchev–Trinajstić information content (AvgIpc) is 2.75. The molecule has 0 aliphatic heterocycles. The zero-order valence-electron chi connectivity index (χ0n) is 16.9. The molecule has 0 heterocycles. The highest BCUT2D eigenvalue weighted by Gasteiger charge is 2.27. The summed E-state index contributed by atoms with van der Waals surface area (Å²) in [5.74, 6) is -0.0484. The number of benzene rings is 3. The molecule has 0 atom stereocenters. The number of nitrogens with one attached hydrogen (secondary N) is 1. The van der Waals surface area contributed by atoms with Crippen LogP contribution in [0.3, 0.4) is 0 Å². The summed E-state index contributed by atoms with van der Waals surface area (Å²) in [6.07, 6.45) is 0. The van der Waals surface area contributed by atoms with E-state index in [0.717, 1.165) is 14.3 Å². The number of hydrogen-bond donors (Lipinski definition) is 1. The van der Waals surface area contributed by atoms with Crippen molar-refractivity contribution in [1.82, 2.24) is 4.31 Å². The molecule has 0 radical (unpaired) electrons. The number of hydrogen-bond acceptors (Lipinski definition) is 4. The summed E-state index contributed by atoms with van der Waals surface area (Å²) < 4.78 is 33.7. The van der Waals surface area contributed by atoms with Crippen LogP contribution in [0.5, 0.6) is 5.75 Å². The topological polar surface area (TPSA) is 75.7 Å². The predicted octanol–water partition coefficient (Wildman–Crippen LogP) is 5.59. The van der Waals surface area contributed by atoms with Gasteiger partial charge in [0.25, 0.3) is 0 Å². The molecule has 3 aromatic rings. The number of carbonyl (C=O) groups is 1. The van der Waals surface area contributed by atoms with E-state index in [0.29, 0.717) is 21.5 Å². The lowest BCUT2D eigenvalue weighted by Gasteiger charge is -2.22. The minimum absolute atomic E-state index is 0.00896. The highest BCUT2D eigenvalue weighted by Crippen LogP contribution is 2.27. The zero-order chi connectivity index (χ0) is 23.3. The number of carbonyl (C=O) groups excluding carboxylic acids is 1. The van der Waals surface area contributed by atoms with Crippen LogP contribution in [-0.4, -0.2) is 32.3 Å². The summed E-state index contributed by atoms with van der Waals surface area (Å²) in [7, 11) is -2.49. The van der Waals surface area contributed by atoms with Gasteiger partial charge in [-0.1, -0.05) is 51.3 Å². The first-order chi connectivity index (χ1) is 15.2. The number of ether oxygens (including phenoxy) is 1. The molecule has 0 aliphatic rings. The van der Waals surface area contributed by atoms with Crippen molar-refractivity contribution in [3.05, 3.63) is 86.8 Å². The van der Waals surface area contributed by atoms with Crippen molar-refractivity contribution in [2.24, 2.45) is 0 Å². The molecular formula is C22H19BrCl2N2O4S. The molecule has 0 aliphatic carbocycles. The number of methoxy groups -OCH3 is 1. The zero-order valence-corrected chi connectivity index (χ0v) is 20.8. The summed E-state index contributed by atoms with van der Waals surface area (Å²) >= 11 is 15.4. The lowest BCUT2D eigenvalue weighted by molar-refractivity contribution is -0.116. The maximum absolute atomic E-state index is 13.3. The highest BCUT2D eigenvalue weighted by molar-refractivity contribution is 9.10. The van der Waals surface area contributed by atoms with Gasteiger partial charge in [-0.25, -0.2) is 8.42 Å². The quantitative estimate of drug-likeness (QED) is 0.391. The molecular weight excluding hydrogens is 539 g/mol. The number of amides is 1. The molecule has 10 heteroatoms. The SMILES string of the molecule is COc1ccc(NC(=O)CN(Cc2ccc(Br)cc2)S(=O)(=O)c2ccc(Cl)cc2)cc1Cl. The first-order valence-electron chi connectivity index (χ1n) is 9.32. The van der Waals surface area contributed by atoms with Gasteiger partial charge in [0.15, 0.2) is 0 Å². The van der Waals surface area contributed by atoms with E-state index in [-0.39, 0.29) is 11.4 Å². The molecule has 168 valence electrons. The maximum atomic E-state index is 13.3. The minimum Gasteiger partial charge on any atom is -0.495 e. The van der Waals surface area contributed by atoms with Crippen LogP contribution in [-0.2, 0) is 21.4 Å². The van der Waals surface area contributed by atoms with Gasteiger partial charge in [-0.05, 0) is 60.2 Å². The first kappa shape index (κ1) is 24.5. The monoisotopic (exact) mass is 556 g/mol. The lowest BCUT2D eigenvalue weighted by atomic mass is 10.2. The van der Waals surface area contributed by atoms with Gasteiger partial charge in [-0.3, -0.25) is 4.79 Å². The van der Waals surface area contributed by atoms with Gasteiger partial charge >= 0.3 is 0 Å². The fourth-order valence-corrected chi connectivity index (χ4v) is 4.91. The van der Waals surface area contributed by atoms with Gasteiger partial charge in [0.2, 0.25) is 15.9 Å². The summed E-state index contributed by atoms with van der Waals surface area (Å²) in [5.41, 5.74) is 1.15. The van der Waals surface area contributed by atoms with E-state index < -0.39 is 22.5 Å². The number of anilines is 1. The Morgan fingerprint density at radius 2 is 1.69 bits per heavy atom. The van der Waals surface area contributed by atoms with Crippen LogP contribution in [0, 0.1) is 0 Å². The second-order valence-electron chi connectivity index (χ2n) is 6.75. The van der Waals surface area contributed by atoms with Crippen molar-refractivity contribution in [3.63, 3.8) is 0 Å². The van der Waals surface area contributed by atoms with Crippen molar-refractivity contribution in [2.75, 3.05) is 19.0 Å². The number of sulfonamides is 1. The lowest BCUT2D eigenvalue weighted by Crippen LogP contribution is -2.37. The van der Waals surface area contributed by atoms with Crippen molar-refractivity contribution in [2.45, 2.75) is 11.4 Å². The molecule has 1 N–H and O–H groups in total. The van der Waals surface area contributed by atoms with Crippen LogP contribution in [0.4, 0.5) is 5.69 Å². The molecule has 0 bridgehead atoms. The molecule has 0 spiro atoms. The molecule has 6 nitrogen and oxygen atoms in total. The van der Waals surface area contributed by atoms with Gasteiger partial charge < -0.3 is 10.1 Å². The Balaban J connectivity index is 1.86.